The SMILES string of the molecule is COc1cc2c(NC3CCN(C)CC3)cc(C3=CCOCC3)nc2cc1OCCCN1CCCC1.COc1cc2c(NC3CCN(C)CC3)cc(C3CCCCC3)nc2cc1OCCCN1CCCC1.COc1cc2c(NC3CCN(C)CC3)cc(C3CCOCC3)nc2cc1OCCCN1CCCC1.COc1cc2c(NC3CCNCC3)cc(C3CCCCC3)nc2cc1OCCCN1CCCC1. The van der Waals surface area contributed by atoms with Crippen LogP contribution in [0.3, 0.4) is 0 Å². The minimum absolute atomic E-state index is 0.443. The number of methoxy groups -OCH3 is 4. The summed E-state index contributed by atoms with van der Waals surface area (Å²) in [4.78, 5) is 38.0. The van der Waals surface area contributed by atoms with Gasteiger partial charge in [0.15, 0.2) is 46.0 Å². The number of pyridine rings is 4. The van der Waals surface area contributed by atoms with Crippen molar-refractivity contribution in [3.05, 3.63) is 102 Å². The van der Waals surface area contributed by atoms with Crippen molar-refractivity contribution in [3.63, 3.8) is 0 Å². The fourth-order valence-electron chi connectivity index (χ4n) is 23.1. The quantitative estimate of drug-likeness (QED) is 0.0230. The average molecular weight is 1910 g/mol. The van der Waals surface area contributed by atoms with E-state index in [0.29, 0.717) is 75.0 Å². The number of hydrogen-bond donors (Lipinski definition) is 5. The summed E-state index contributed by atoms with van der Waals surface area (Å²) >= 11 is 0. The van der Waals surface area contributed by atoms with Gasteiger partial charge in [-0.05, 0) is 353 Å². The molecule has 2 saturated carbocycles. The van der Waals surface area contributed by atoms with Crippen LogP contribution in [0.5, 0.6) is 46.0 Å². The molecule has 8 aromatic rings. The van der Waals surface area contributed by atoms with E-state index in [0.717, 1.165) is 283 Å². The maximum atomic E-state index is 6.27. The van der Waals surface area contributed by atoms with Gasteiger partial charge in [0.2, 0.25) is 0 Å². The van der Waals surface area contributed by atoms with E-state index in [2.05, 4.69) is 161 Å². The number of hydrogen-bond acceptors (Lipinski definition) is 26. The minimum Gasteiger partial charge on any atom is -0.493 e. The van der Waals surface area contributed by atoms with Crippen LogP contribution in [-0.4, -0.2) is 312 Å². The second-order valence-corrected chi connectivity index (χ2v) is 41.9. The zero-order chi connectivity index (χ0) is 95.3. The van der Waals surface area contributed by atoms with E-state index in [9.17, 15) is 0 Å². The van der Waals surface area contributed by atoms with Gasteiger partial charge in [0, 0.05) is 167 Å². The molecule has 2 aliphatic carbocycles. The molecule has 14 heterocycles. The summed E-state index contributed by atoms with van der Waals surface area (Å²) in [5.74, 6) is 7.94. The van der Waals surface area contributed by atoms with E-state index >= 15 is 0 Å². The molecule has 4 aromatic carbocycles. The molecule has 9 saturated heterocycles. The Balaban J connectivity index is 0.000000128. The highest BCUT2D eigenvalue weighted by Gasteiger charge is 2.31. The number of fused-ring (bicyclic) bond motifs is 4. The van der Waals surface area contributed by atoms with Crippen LogP contribution in [0.4, 0.5) is 22.7 Å². The topological polar surface area (TPSA) is 227 Å². The number of piperidine rings is 4. The molecule has 10 aliphatic heterocycles. The van der Waals surface area contributed by atoms with Crippen molar-refractivity contribution < 1.29 is 47.4 Å². The Morgan fingerprint density at radius 2 is 0.612 bits per heavy atom. The molecule has 760 valence electrons. The third-order valence-corrected chi connectivity index (χ3v) is 31.6. The van der Waals surface area contributed by atoms with Crippen molar-refractivity contribution in [2.45, 2.75) is 254 Å². The van der Waals surface area contributed by atoms with Crippen LogP contribution in [0, 0.1) is 0 Å². The van der Waals surface area contributed by atoms with Gasteiger partial charge >= 0.3 is 0 Å². The summed E-state index contributed by atoms with van der Waals surface area (Å²) in [6.45, 7) is 29.1. The minimum atomic E-state index is 0.443. The van der Waals surface area contributed by atoms with Gasteiger partial charge in [-0.25, -0.2) is 4.98 Å². The first-order valence-corrected chi connectivity index (χ1v) is 54.6. The lowest BCUT2D eigenvalue weighted by Crippen LogP contribution is -2.36. The number of benzene rings is 4. The Bertz CT molecular complexity index is 4990. The molecule has 20 rings (SSSR count). The first kappa shape index (κ1) is 102. The number of aromatic nitrogens is 4. The predicted octanol–water partition coefficient (Wildman–Crippen LogP) is 19.9. The zero-order valence-electron chi connectivity index (χ0n) is 85.7. The lowest BCUT2D eigenvalue weighted by Gasteiger charge is -2.31. The highest BCUT2D eigenvalue weighted by molar-refractivity contribution is 5.98. The average Bonchev–Trinajstić information content (AvgIpc) is 1.00. The van der Waals surface area contributed by atoms with Gasteiger partial charge in [-0.1, -0.05) is 44.6 Å². The molecule has 4 aromatic heterocycles. The Labute approximate surface area is 830 Å². The van der Waals surface area contributed by atoms with Gasteiger partial charge in [-0.15, -0.1) is 0 Å². The van der Waals surface area contributed by atoms with Crippen LogP contribution >= 0.6 is 0 Å². The van der Waals surface area contributed by atoms with E-state index in [1.54, 1.807) is 28.4 Å². The molecule has 0 spiro atoms. The van der Waals surface area contributed by atoms with Crippen molar-refractivity contribution in [1.82, 2.24) is 59.6 Å². The third-order valence-electron chi connectivity index (χ3n) is 31.6. The van der Waals surface area contributed by atoms with Crippen LogP contribution in [0.25, 0.3) is 49.2 Å². The van der Waals surface area contributed by atoms with Gasteiger partial charge in [0.05, 0.1) is 95.8 Å². The van der Waals surface area contributed by atoms with Crippen LogP contribution in [0.2, 0.25) is 0 Å². The highest BCUT2D eigenvalue weighted by atomic mass is 16.5. The van der Waals surface area contributed by atoms with Gasteiger partial charge in [0.25, 0.3) is 0 Å². The number of rotatable bonds is 36. The first-order valence-electron chi connectivity index (χ1n) is 54.6. The molecular weight excluding hydrogens is 1740 g/mol. The summed E-state index contributed by atoms with van der Waals surface area (Å²) in [5.41, 5.74) is 14.6. The summed E-state index contributed by atoms with van der Waals surface area (Å²) < 4.78 is 59.3. The van der Waals surface area contributed by atoms with Crippen molar-refractivity contribution >= 4 is 71.9 Å². The molecule has 26 heteroatoms. The summed E-state index contributed by atoms with van der Waals surface area (Å²) in [5, 5.41) is 23.5. The Morgan fingerprint density at radius 1 is 0.309 bits per heavy atom. The molecule has 5 N–H and O–H groups in total. The summed E-state index contributed by atoms with van der Waals surface area (Å²) in [6.07, 6.45) is 42.1. The van der Waals surface area contributed by atoms with Crippen molar-refractivity contribution in [1.29, 1.82) is 0 Å². The Kier molecular flexibility index (Phi) is 38.6. The van der Waals surface area contributed by atoms with Crippen LogP contribution in [0.15, 0.2) is 78.9 Å². The van der Waals surface area contributed by atoms with E-state index in [4.69, 9.17) is 67.3 Å². The van der Waals surface area contributed by atoms with Gasteiger partial charge in [0.1, 0.15) is 0 Å². The van der Waals surface area contributed by atoms with E-state index in [1.165, 1.54) is 220 Å². The highest BCUT2D eigenvalue weighted by Crippen LogP contribution is 2.46. The molecule has 0 bridgehead atoms. The molecule has 12 aliphatic rings. The number of ether oxygens (including phenoxy) is 10. The lowest BCUT2D eigenvalue weighted by atomic mass is 9.86. The van der Waals surface area contributed by atoms with Crippen molar-refractivity contribution in [2.75, 3.05) is 255 Å². The summed E-state index contributed by atoms with van der Waals surface area (Å²) in [7, 11) is 13.6. The smallest absolute Gasteiger partial charge is 0.163 e. The van der Waals surface area contributed by atoms with Gasteiger partial charge in [-0.2, -0.15) is 0 Å². The fourth-order valence-corrected chi connectivity index (χ4v) is 23.1. The fraction of sp³-hybridized carbons (Fsp3) is 0.664. The van der Waals surface area contributed by atoms with E-state index in [-0.39, 0.29) is 0 Å². The Hall–Kier alpha value is -8.54. The van der Waals surface area contributed by atoms with E-state index < -0.39 is 0 Å². The molecule has 139 heavy (non-hydrogen) atoms. The molecular formula is C113H168N16O10. The largest absolute Gasteiger partial charge is 0.493 e. The van der Waals surface area contributed by atoms with Crippen LogP contribution in [0.1, 0.15) is 252 Å². The maximum absolute atomic E-state index is 6.27. The third kappa shape index (κ3) is 29.0. The van der Waals surface area contributed by atoms with Crippen molar-refractivity contribution in [2.24, 2.45) is 0 Å². The normalized spacial score (nSPS) is 20.7. The molecule has 26 nitrogen and oxygen atoms in total. The molecule has 11 fully saturated rings. The number of nitrogens with one attached hydrogen (secondary N) is 5. The van der Waals surface area contributed by atoms with Gasteiger partial charge < -0.3 is 108 Å². The maximum Gasteiger partial charge on any atom is 0.163 e. The van der Waals surface area contributed by atoms with Crippen LogP contribution in [-0.2, 0) is 9.47 Å². The standard InChI is InChI=1S/C29H44N4O2.C28H42N4O3.C28H40N4O3.C28H42N4O2/c1-32-16-11-23(12-17-32)30-26-20-25(22-9-4-3-5-10-22)31-27-21-29(28(34-2)19-24(26)27)35-18-8-15-33-13-6-7-14-33;2*1-31-13-6-22(7-14-31)29-25-19-24(21-8-16-34-17-9-21)30-26-20-28(27(33-2)18-23(25)26)35-15-5-12-32-10-3-4-11-32;1-33-27-18-23-25(30-22-10-12-29-13-11-22)19-24(21-8-3-2-4-9-21)31-26(23)20-28(27)34-17-7-16-32-14-5-6-15-32/h19-23H,3-18H2,1-2H3,(H,30,31);18-22H,3-17H2,1-2H3,(H,29,30);8,18-20,22H,3-7,9-17H2,1-2H3,(H,29,30);18-22,29H,2-17H2,1H3,(H,30,31). The zero-order valence-corrected chi connectivity index (χ0v) is 85.7. The molecule has 0 unspecified atom stereocenters. The molecule has 0 atom stereocenters. The monoisotopic (exact) mass is 1910 g/mol. The second-order valence-electron chi connectivity index (χ2n) is 41.9. The van der Waals surface area contributed by atoms with E-state index in [1.807, 2.05) is 0 Å². The second kappa shape index (κ2) is 52.6. The predicted molar refractivity (Wildman–Crippen MR) is 566 cm³/mol. The molecule has 0 amide bonds. The van der Waals surface area contributed by atoms with Crippen molar-refractivity contribution in [3.8, 4) is 46.0 Å². The molecule has 0 radical (unpaired) electrons. The summed E-state index contributed by atoms with van der Waals surface area (Å²) in [6, 6.07) is 28.0. The van der Waals surface area contributed by atoms with Crippen LogP contribution < -0.4 is 64.5 Å². The first-order chi connectivity index (χ1) is 68.4. The Morgan fingerprint density at radius 3 is 0.921 bits per heavy atom. The van der Waals surface area contributed by atoms with Gasteiger partial charge in [-0.3, -0.25) is 15.0 Å². The lowest BCUT2D eigenvalue weighted by molar-refractivity contribution is 0.0846. The number of anilines is 4. The number of likely N-dealkylation sites (tertiary alicyclic amines) is 7. The number of nitrogens with zero attached hydrogens (tertiary/aromatic N) is 11.